The Balaban J connectivity index is 1.21. The summed E-state index contributed by atoms with van der Waals surface area (Å²) in [6.45, 7) is 0.0203. The molecule has 0 saturated carbocycles. The molecule has 0 aliphatic heterocycles. The van der Waals surface area contributed by atoms with Gasteiger partial charge in [-0.3, -0.25) is 20.0 Å². The lowest BCUT2D eigenvalue weighted by atomic mass is 10.1. The van der Waals surface area contributed by atoms with E-state index < -0.39 is 12.2 Å². The van der Waals surface area contributed by atoms with E-state index >= 15 is 0 Å². The van der Waals surface area contributed by atoms with E-state index in [1.165, 1.54) is 11.1 Å². The normalized spacial score (nSPS) is 10.7. The monoisotopic (exact) mass is 626 g/mol. The van der Waals surface area contributed by atoms with Crippen LogP contribution in [0.2, 0.25) is 0 Å². The topological polar surface area (TPSA) is 110 Å². The third kappa shape index (κ3) is 7.21. The summed E-state index contributed by atoms with van der Waals surface area (Å²) in [6, 6.07) is 28.3. The Morgan fingerprint density at radius 2 is 1.55 bits per heavy atom. The van der Waals surface area contributed by atoms with Crippen LogP contribution in [-0.2, 0) is 9.47 Å². The van der Waals surface area contributed by atoms with Gasteiger partial charge in [0.25, 0.3) is 5.91 Å². The smallest absolute Gasteiger partial charge is 0.414 e. The lowest BCUT2D eigenvalue weighted by molar-refractivity contribution is 0.0935. The van der Waals surface area contributed by atoms with Crippen LogP contribution in [0.5, 0.6) is 0 Å². The molecule has 0 bridgehead atoms. The SMILES string of the molecule is O=C(Nc1cccc2ccccc12)OCCN(C(=O)OCCNC(=O)c1cncc(Br)c1)c1ccc2ccccc2c1. The first-order valence-electron chi connectivity index (χ1n) is 13.2. The first-order chi connectivity index (χ1) is 20.5. The van der Waals surface area contributed by atoms with Crippen molar-refractivity contribution in [3.05, 3.63) is 113 Å². The molecule has 0 saturated heterocycles. The largest absolute Gasteiger partial charge is 0.447 e. The number of nitrogens with zero attached hydrogens (tertiary/aromatic N) is 2. The molecule has 0 spiro atoms. The van der Waals surface area contributed by atoms with Gasteiger partial charge in [-0.25, -0.2) is 9.59 Å². The number of aromatic nitrogens is 1. The van der Waals surface area contributed by atoms with E-state index in [9.17, 15) is 14.4 Å². The molecule has 1 aromatic heterocycles. The zero-order chi connectivity index (χ0) is 29.3. The summed E-state index contributed by atoms with van der Waals surface area (Å²) in [7, 11) is 0. The predicted molar refractivity (Wildman–Crippen MR) is 166 cm³/mol. The van der Waals surface area contributed by atoms with E-state index in [-0.39, 0.29) is 32.2 Å². The van der Waals surface area contributed by atoms with Crippen molar-refractivity contribution < 1.29 is 23.9 Å². The van der Waals surface area contributed by atoms with E-state index in [1.807, 2.05) is 78.9 Å². The Labute approximate surface area is 250 Å². The fourth-order valence-corrected chi connectivity index (χ4v) is 4.76. The fraction of sp³-hybridized carbons (Fsp3) is 0.125. The maximum atomic E-state index is 13.2. The van der Waals surface area contributed by atoms with Gasteiger partial charge in [0, 0.05) is 27.9 Å². The number of benzene rings is 4. The van der Waals surface area contributed by atoms with Crippen molar-refractivity contribution >= 4 is 66.9 Å². The maximum Gasteiger partial charge on any atom is 0.414 e. The summed E-state index contributed by atoms with van der Waals surface area (Å²) in [5.41, 5.74) is 1.60. The van der Waals surface area contributed by atoms with Crippen molar-refractivity contribution in [2.45, 2.75) is 0 Å². The molecule has 5 rings (SSSR count). The lowest BCUT2D eigenvalue weighted by Gasteiger charge is -2.23. The molecule has 212 valence electrons. The van der Waals surface area contributed by atoms with Crippen molar-refractivity contribution in [3.8, 4) is 0 Å². The van der Waals surface area contributed by atoms with Gasteiger partial charge >= 0.3 is 12.2 Å². The summed E-state index contributed by atoms with van der Waals surface area (Å²) >= 11 is 3.29. The number of ether oxygens (including phenoxy) is 2. The minimum absolute atomic E-state index is 0.0518. The average Bonchev–Trinajstić information content (AvgIpc) is 3.01. The van der Waals surface area contributed by atoms with Crippen LogP contribution in [0.1, 0.15) is 10.4 Å². The molecular formula is C32H27BrN4O5. The maximum absolute atomic E-state index is 13.2. The summed E-state index contributed by atoms with van der Waals surface area (Å²) in [5, 5.41) is 9.32. The van der Waals surface area contributed by atoms with Crippen LogP contribution in [0, 0.1) is 0 Å². The number of rotatable bonds is 9. The highest BCUT2D eigenvalue weighted by Gasteiger charge is 2.19. The lowest BCUT2D eigenvalue weighted by Crippen LogP contribution is -2.37. The van der Waals surface area contributed by atoms with E-state index in [4.69, 9.17) is 9.47 Å². The minimum Gasteiger partial charge on any atom is -0.447 e. The van der Waals surface area contributed by atoms with Gasteiger partial charge in [0.05, 0.1) is 24.3 Å². The Morgan fingerprint density at radius 3 is 2.38 bits per heavy atom. The fourth-order valence-electron chi connectivity index (χ4n) is 4.40. The molecular weight excluding hydrogens is 600 g/mol. The van der Waals surface area contributed by atoms with Crippen LogP contribution in [0.4, 0.5) is 21.0 Å². The van der Waals surface area contributed by atoms with Crippen molar-refractivity contribution in [3.63, 3.8) is 0 Å². The van der Waals surface area contributed by atoms with Gasteiger partial charge in [-0.05, 0) is 56.4 Å². The second-order valence-electron chi connectivity index (χ2n) is 9.23. The second-order valence-corrected chi connectivity index (χ2v) is 10.1. The molecule has 9 nitrogen and oxygen atoms in total. The van der Waals surface area contributed by atoms with Gasteiger partial charge in [0.1, 0.15) is 13.2 Å². The molecule has 0 fully saturated rings. The number of anilines is 2. The van der Waals surface area contributed by atoms with Crippen molar-refractivity contribution in [2.75, 3.05) is 36.5 Å². The number of hydrogen-bond acceptors (Lipinski definition) is 6. The Morgan fingerprint density at radius 1 is 0.786 bits per heavy atom. The Bertz CT molecular complexity index is 1740. The van der Waals surface area contributed by atoms with Crippen LogP contribution in [-0.4, -0.2) is 49.4 Å². The average molecular weight is 627 g/mol. The molecule has 1 heterocycles. The van der Waals surface area contributed by atoms with E-state index in [0.29, 0.717) is 21.4 Å². The summed E-state index contributed by atoms with van der Waals surface area (Å²) in [4.78, 5) is 43.5. The van der Waals surface area contributed by atoms with Crippen molar-refractivity contribution in [2.24, 2.45) is 0 Å². The highest BCUT2D eigenvalue weighted by Crippen LogP contribution is 2.24. The summed E-state index contributed by atoms with van der Waals surface area (Å²) < 4.78 is 11.6. The number of carbonyl (C=O) groups is 3. The number of halogens is 1. The predicted octanol–water partition coefficient (Wildman–Crippen LogP) is 6.77. The van der Waals surface area contributed by atoms with Gasteiger partial charge < -0.3 is 14.8 Å². The molecule has 2 N–H and O–H groups in total. The highest BCUT2D eigenvalue weighted by molar-refractivity contribution is 9.10. The minimum atomic E-state index is -0.637. The standard InChI is InChI=1S/C32H27BrN4O5/c33-26-18-25(20-34-21-26)30(38)35-14-16-42-32(40)37(27-13-12-22-6-1-2-8-24(22)19-27)15-17-41-31(39)36-29-11-5-9-23-7-3-4-10-28(23)29/h1-13,18-21H,14-17H2,(H,35,38)(H,36,39). The van der Waals surface area contributed by atoms with Gasteiger partial charge in [-0.1, -0.05) is 66.7 Å². The van der Waals surface area contributed by atoms with Gasteiger partial charge in [-0.15, -0.1) is 0 Å². The van der Waals surface area contributed by atoms with E-state index in [0.717, 1.165) is 21.5 Å². The first kappa shape index (κ1) is 28.6. The molecule has 0 aliphatic carbocycles. The highest BCUT2D eigenvalue weighted by atomic mass is 79.9. The van der Waals surface area contributed by atoms with Crippen LogP contribution in [0.3, 0.4) is 0 Å². The van der Waals surface area contributed by atoms with Crippen LogP contribution < -0.4 is 15.5 Å². The van der Waals surface area contributed by atoms with Crippen LogP contribution in [0.25, 0.3) is 21.5 Å². The number of pyridine rings is 1. The van der Waals surface area contributed by atoms with Crippen LogP contribution >= 0.6 is 15.9 Å². The molecule has 3 amide bonds. The molecule has 0 atom stereocenters. The van der Waals surface area contributed by atoms with Crippen molar-refractivity contribution in [1.82, 2.24) is 10.3 Å². The quantitative estimate of drug-likeness (QED) is 0.175. The van der Waals surface area contributed by atoms with Gasteiger partial charge in [0.2, 0.25) is 0 Å². The number of carbonyl (C=O) groups excluding carboxylic acids is 3. The number of nitrogens with one attached hydrogen (secondary N) is 2. The third-order valence-electron chi connectivity index (χ3n) is 6.42. The van der Waals surface area contributed by atoms with Crippen LogP contribution in [0.15, 0.2) is 108 Å². The molecule has 42 heavy (non-hydrogen) atoms. The van der Waals surface area contributed by atoms with E-state index in [2.05, 4.69) is 31.5 Å². The molecule has 5 aromatic rings. The van der Waals surface area contributed by atoms with Gasteiger partial charge in [0.15, 0.2) is 0 Å². The number of hydrogen-bond donors (Lipinski definition) is 2. The molecule has 0 aliphatic rings. The van der Waals surface area contributed by atoms with E-state index in [1.54, 1.807) is 18.3 Å². The third-order valence-corrected chi connectivity index (χ3v) is 6.85. The molecule has 0 unspecified atom stereocenters. The first-order valence-corrected chi connectivity index (χ1v) is 14.0. The Kier molecular flexibility index (Phi) is 9.25. The van der Waals surface area contributed by atoms with Crippen molar-refractivity contribution in [1.29, 1.82) is 0 Å². The number of amides is 3. The zero-order valence-electron chi connectivity index (χ0n) is 22.5. The molecule has 4 aromatic carbocycles. The molecule has 10 heteroatoms. The number of fused-ring (bicyclic) bond motifs is 2. The summed E-state index contributed by atoms with van der Waals surface area (Å²) in [6.07, 6.45) is 1.76. The zero-order valence-corrected chi connectivity index (χ0v) is 24.0. The van der Waals surface area contributed by atoms with Gasteiger partial charge in [-0.2, -0.15) is 0 Å². The summed E-state index contributed by atoms with van der Waals surface area (Å²) in [5.74, 6) is -0.336. The second kappa shape index (κ2) is 13.6. The Hall–Kier alpha value is -4.96. The molecule has 0 radical (unpaired) electrons.